The molecule has 0 unspecified atom stereocenters. The average Bonchev–Trinajstić information content (AvgIpc) is 2.63. The first-order valence-electron chi connectivity index (χ1n) is 8.56. The van der Waals surface area contributed by atoms with Gasteiger partial charge in [0.2, 0.25) is 0 Å². The van der Waals surface area contributed by atoms with Gasteiger partial charge in [-0.15, -0.1) is 0 Å². The van der Waals surface area contributed by atoms with Crippen LogP contribution in [-0.2, 0) is 6.42 Å². The van der Waals surface area contributed by atoms with E-state index < -0.39 is 0 Å². The second kappa shape index (κ2) is 8.27. The van der Waals surface area contributed by atoms with Crippen molar-refractivity contribution in [3.63, 3.8) is 0 Å². The van der Waals surface area contributed by atoms with Gasteiger partial charge in [-0.25, -0.2) is 0 Å². The van der Waals surface area contributed by atoms with Crippen molar-refractivity contribution in [2.24, 2.45) is 0 Å². The highest BCUT2D eigenvalue weighted by atomic mass is 32.1. The summed E-state index contributed by atoms with van der Waals surface area (Å²) in [5.41, 5.74) is 2.67. The Balaban J connectivity index is 1.61. The van der Waals surface area contributed by atoms with E-state index in [9.17, 15) is 0 Å². The molecule has 126 valence electrons. The SMILES string of the molecule is CN1CCN(C(=S)NCCc2ccccc2)[C@@H](c2ccccc2)C1. The van der Waals surface area contributed by atoms with E-state index in [1.165, 1.54) is 11.1 Å². The Kier molecular flexibility index (Phi) is 5.83. The highest BCUT2D eigenvalue weighted by Crippen LogP contribution is 2.24. The van der Waals surface area contributed by atoms with Crippen LogP contribution >= 0.6 is 12.2 Å². The topological polar surface area (TPSA) is 18.5 Å². The number of thiocarbonyl (C=S) groups is 1. The van der Waals surface area contributed by atoms with E-state index in [4.69, 9.17) is 12.2 Å². The van der Waals surface area contributed by atoms with Gasteiger partial charge < -0.3 is 15.1 Å². The van der Waals surface area contributed by atoms with Gasteiger partial charge in [-0.05, 0) is 36.8 Å². The van der Waals surface area contributed by atoms with E-state index in [1.54, 1.807) is 0 Å². The Labute approximate surface area is 150 Å². The van der Waals surface area contributed by atoms with Crippen LogP contribution in [0.2, 0.25) is 0 Å². The summed E-state index contributed by atoms with van der Waals surface area (Å²) < 4.78 is 0. The van der Waals surface area contributed by atoms with E-state index >= 15 is 0 Å². The lowest BCUT2D eigenvalue weighted by Crippen LogP contribution is -2.52. The molecule has 2 aromatic carbocycles. The summed E-state index contributed by atoms with van der Waals surface area (Å²) in [6.07, 6.45) is 0.991. The maximum absolute atomic E-state index is 5.70. The summed E-state index contributed by atoms with van der Waals surface area (Å²) in [4.78, 5) is 4.72. The molecule has 1 heterocycles. The van der Waals surface area contributed by atoms with Gasteiger partial charge in [0.25, 0.3) is 0 Å². The largest absolute Gasteiger partial charge is 0.362 e. The summed E-state index contributed by atoms with van der Waals surface area (Å²) in [5.74, 6) is 0. The molecule has 1 aliphatic rings. The summed E-state index contributed by atoms with van der Waals surface area (Å²) in [6, 6.07) is 21.5. The Bertz CT molecular complexity index is 644. The first-order chi connectivity index (χ1) is 11.7. The van der Waals surface area contributed by atoms with Crippen LogP contribution in [0.25, 0.3) is 0 Å². The van der Waals surface area contributed by atoms with Gasteiger partial charge in [-0.3, -0.25) is 0 Å². The Morgan fingerprint density at radius 1 is 1.04 bits per heavy atom. The van der Waals surface area contributed by atoms with Crippen molar-refractivity contribution < 1.29 is 0 Å². The van der Waals surface area contributed by atoms with E-state index in [1.807, 2.05) is 0 Å². The highest BCUT2D eigenvalue weighted by Gasteiger charge is 2.28. The lowest BCUT2D eigenvalue weighted by atomic mass is 10.0. The second-order valence-corrected chi connectivity index (χ2v) is 6.74. The average molecular weight is 340 g/mol. The van der Waals surface area contributed by atoms with Gasteiger partial charge in [-0.2, -0.15) is 0 Å². The molecule has 0 bridgehead atoms. The van der Waals surface area contributed by atoms with Crippen molar-refractivity contribution in [1.82, 2.24) is 15.1 Å². The fourth-order valence-corrected chi connectivity index (χ4v) is 3.50. The molecule has 1 N–H and O–H groups in total. The first kappa shape index (κ1) is 16.9. The zero-order valence-corrected chi connectivity index (χ0v) is 15.0. The minimum atomic E-state index is 0.321. The molecule has 0 radical (unpaired) electrons. The molecule has 1 saturated heterocycles. The molecule has 2 aromatic rings. The van der Waals surface area contributed by atoms with Crippen LogP contribution in [0.3, 0.4) is 0 Å². The normalized spacial score (nSPS) is 18.4. The number of piperazine rings is 1. The van der Waals surface area contributed by atoms with Crippen LogP contribution in [0.1, 0.15) is 17.2 Å². The number of hydrogen-bond acceptors (Lipinski definition) is 2. The minimum Gasteiger partial charge on any atom is -0.362 e. The summed E-state index contributed by atoms with van der Waals surface area (Å²) >= 11 is 5.70. The maximum Gasteiger partial charge on any atom is 0.169 e. The lowest BCUT2D eigenvalue weighted by Gasteiger charge is -2.41. The maximum atomic E-state index is 5.70. The summed E-state index contributed by atoms with van der Waals surface area (Å²) in [7, 11) is 2.18. The molecule has 0 aromatic heterocycles. The molecule has 24 heavy (non-hydrogen) atoms. The fourth-order valence-electron chi connectivity index (χ4n) is 3.18. The number of rotatable bonds is 4. The predicted molar refractivity (Wildman–Crippen MR) is 104 cm³/mol. The zero-order chi connectivity index (χ0) is 16.8. The molecule has 1 aliphatic heterocycles. The molecule has 0 spiro atoms. The van der Waals surface area contributed by atoms with Gasteiger partial charge in [-0.1, -0.05) is 60.7 Å². The fraction of sp³-hybridized carbons (Fsp3) is 0.350. The molecule has 0 saturated carbocycles. The number of nitrogens with zero attached hydrogens (tertiary/aromatic N) is 2. The van der Waals surface area contributed by atoms with E-state index in [2.05, 4.69) is 82.8 Å². The molecule has 1 atom stereocenters. The van der Waals surface area contributed by atoms with Gasteiger partial charge in [0, 0.05) is 26.2 Å². The number of hydrogen-bond donors (Lipinski definition) is 1. The standard InChI is InChI=1S/C20H25N3S/c1-22-14-15-23(19(16-22)18-10-6-3-7-11-18)20(24)21-13-12-17-8-4-2-5-9-17/h2-11,19H,12-16H2,1H3,(H,21,24)/t19-/m1/s1. The summed E-state index contributed by atoms with van der Waals surface area (Å²) in [5, 5.41) is 4.32. The van der Waals surface area contributed by atoms with Crippen molar-refractivity contribution >= 4 is 17.3 Å². The molecule has 0 aliphatic carbocycles. The van der Waals surface area contributed by atoms with Gasteiger partial charge in [0.15, 0.2) is 5.11 Å². The van der Waals surface area contributed by atoms with Crippen LogP contribution < -0.4 is 5.32 Å². The Morgan fingerprint density at radius 3 is 2.42 bits per heavy atom. The van der Waals surface area contributed by atoms with Gasteiger partial charge >= 0.3 is 0 Å². The van der Waals surface area contributed by atoms with Crippen molar-refractivity contribution in [2.45, 2.75) is 12.5 Å². The van der Waals surface area contributed by atoms with Crippen LogP contribution in [0.4, 0.5) is 0 Å². The molecule has 0 amide bonds. The third kappa shape index (κ3) is 4.34. The van der Waals surface area contributed by atoms with Crippen LogP contribution in [0.15, 0.2) is 60.7 Å². The van der Waals surface area contributed by atoms with Crippen LogP contribution in [0, 0.1) is 0 Å². The monoisotopic (exact) mass is 339 g/mol. The van der Waals surface area contributed by atoms with E-state index in [0.717, 1.165) is 37.7 Å². The molecular weight excluding hydrogens is 314 g/mol. The van der Waals surface area contributed by atoms with Crippen molar-refractivity contribution in [2.75, 3.05) is 33.2 Å². The third-order valence-electron chi connectivity index (χ3n) is 4.56. The smallest absolute Gasteiger partial charge is 0.169 e. The zero-order valence-electron chi connectivity index (χ0n) is 14.2. The van der Waals surface area contributed by atoms with Crippen LogP contribution in [-0.4, -0.2) is 48.1 Å². The predicted octanol–water partition coefficient (Wildman–Crippen LogP) is 3.09. The second-order valence-electron chi connectivity index (χ2n) is 6.35. The minimum absolute atomic E-state index is 0.321. The first-order valence-corrected chi connectivity index (χ1v) is 8.97. The highest BCUT2D eigenvalue weighted by molar-refractivity contribution is 7.80. The lowest BCUT2D eigenvalue weighted by molar-refractivity contribution is 0.150. The molecule has 3 rings (SSSR count). The summed E-state index contributed by atoms with van der Waals surface area (Å²) in [6.45, 7) is 3.89. The molecule has 3 nitrogen and oxygen atoms in total. The van der Waals surface area contributed by atoms with Gasteiger partial charge in [0.1, 0.15) is 0 Å². The number of benzene rings is 2. The van der Waals surface area contributed by atoms with E-state index in [0.29, 0.717) is 6.04 Å². The quantitative estimate of drug-likeness (QED) is 0.863. The van der Waals surface area contributed by atoms with E-state index in [-0.39, 0.29) is 0 Å². The Morgan fingerprint density at radius 2 is 1.71 bits per heavy atom. The van der Waals surface area contributed by atoms with Crippen LogP contribution in [0.5, 0.6) is 0 Å². The number of nitrogens with one attached hydrogen (secondary N) is 1. The molecule has 4 heteroatoms. The molecular formula is C20H25N3S. The van der Waals surface area contributed by atoms with Crippen molar-refractivity contribution in [3.05, 3.63) is 71.8 Å². The molecule has 1 fully saturated rings. The van der Waals surface area contributed by atoms with Crippen molar-refractivity contribution in [1.29, 1.82) is 0 Å². The van der Waals surface area contributed by atoms with Gasteiger partial charge in [0.05, 0.1) is 6.04 Å². The Hall–Kier alpha value is -1.91. The van der Waals surface area contributed by atoms with Crippen molar-refractivity contribution in [3.8, 4) is 0 Å². The third-order valence-corrected chi connectivity index (χ3v) is 4.94. The number of likely N-dealkylation sites (N-methyl/N-ethyl adjacent to an activating group) is 1.